The lowest BCUT2D eigenvalue weighted by atomic mass is 9.77. The second kappa shape index (κ2) is 6.91. The third-order valence-corrected chi connectivity index (χ3v) is 6.06. The van der Waals surface area contributed by atoms with Crippen molar-refractivity contribution in [3.8, 4) is 0 Å². The van der Waals surface area contributed by atoms with Gasteiger partial charge in [0.25, 0.3) is 0 Å². The summed E-state index contributed by atoms with van der Waals surface area (Å²) in [6.07, 6.45) is 0.0745. The molecule has 1 N–H and O–H groups in total. The number of nitrogens with zero attached hydrogens (tertiary/aromatic N) is 2. The molecule has 0 saturated carbocycles. The fraction of sp³-hybridized carbons (Fsp3) is 0.318. The molecule has 2 saturated heterocycles. The molecule has 5 rings (SSSR count). The van der Waals surface area contributed by atoms with E-state index in [0.29, 0.717) is 5.69 Å². The molecule has 2 aromatic rings. The maximum absolute atomic E-state index is 13.3. The number of aromatic nitrogens is 1. The maximum Gasteiger partial charge on any atom is 0.416 e. The molecule has 31 heavy (non-hydrogen) atoms. The third-order valence-electron chi connectivity index (χ3n) is 6.06. The van der Waals surface area contributed by atoms with Crippen molar-refractivity contribution in [2.75, 3.05) is 11.4 Å². The first kappa shape index (κ1) is 19.7. The van der Waals surface area contributed by atoms with E-state index in [4.69, 9.17) is 4.74 Å². The standard InChI is InChI=1S/C22H18F3N3O3/c23-22(24,25)13-4-3-6-15(10-13)28-12-21-8-7-16(31-21)17(18(21)20(28)30)19(29)27-11-14-5-1-2-9-26-14/h1-10,16-18H,11-12H2,(H,27,29)/t16-,17-,18-,21-/m1/s1. The van der Waals surface area contributed by atoms with Crippen LogP contribution in [0.4, 0.5) is 18.9 Å². The molecule has 4 heterocycles. The number of ether oxygens (including phenoxy) is 1. The van der Waals surface area contributed by atoms with Crippen LogP contribution in [-0.4, -0.2) is 35.0 Å². The third kappa shape index (κ3) is 3.20. The summed E-state index contributed by atoms with van der Waals surface area (Å²) in [6, 6.07) is 9.97. The molecular formula is C22H18F3N3O3. The maximum atomic E-state index is 13.3. The summed E-state index contributed by atoms with van der Waals surface area (Å²) in [6.45, 7) is 0.271. The van der Waals surface area contributed by atoms with Crippen LogP contribution in [0.15, 0.2) is 60.8 Å². The lowest BCUT2D eigenvalue weighted by Gasteiger charge is -2.23. The van der Waals surface area contributed by atoms with E-state index in [1.54, 1.807) is 36.5 Å². The average molecular weight is 429 g/mol. The molecule has 1 aromatic carbocycles. The van der Waals surface area contributed by atoms with Gasteiger partial charge < -0.3 is 15.0 Å². The van der Waals surface area contributed by atoms with Crippen LogP contribution in [0, 0.1) is 11.8 Å². The molecule has 2 amide bonds. The Morgan fingerprint density at radius 1 is 1.26 bits per heavy atom. The highest BCUT2D eigenvalue weighted by molar-refractivity contribution is 6.03. The van der Waals surface area contributed by atoms with Crippen LogP contribution in [0.3, 0.4) is 0 Å². The normalized spacial score (nSPS) is 28.8. The molecule has 160 valence electrons. The van der Waals surface area contributed by atoms with Crippen molar-refractivity contribution >= 4 is 17.5 Å². The van der Waals surface area contributed by atoms with E-state index in [1.165, 1.54) is 17.0 Å². The van der Waals surface area contributed by atoms with Gasteiger partial charge in [0.2, 0.25) is 11.8 Å². The number of alkyl halides is 3. The fourth-order valence-electron chi connectivity index (χ4n) is 4.66. The number of rotatable bonds is 4. The Labute approximate surface area is 175 Å². The largest absolute Gasteiger partial charge is 0.416 e. The van der Waals surface area contributed by atoms with Crippen molar-refractivity contribution in [3.63, 3.8) is 0 Å². The second-order valence-electron chi connectivity index (χ2n) is 7.91. The molecule has 0 radical (unpaired) electrons. The molecule has 1 spiro atoms. The molecular weight excluding hydrogens is 411 g/mol. The van der Waals surface area contributed by atoms with E-state index in [0.717, 1.165) is 12.1 Å². The predicted octanol–water partition coefficient (Wildman–Crippen LogP) is 2.70. The first-order chi connectivity index (χ1) is 14.8. The number of hydrogen-bond donors (Lipinski definition) is 1. The smallest absolute Gasteiger partial charge is 0.360 e. The number of pyridine rings is 1. The van der Waals surface area contributed by atoms with E-state index in [1.807, 2.05) is 0 Å². The van der Waals surface area contributed by atoms with E-state index in [-0.39, 0.29) is 24.7 Å². The minimum Gasteiger partial charge on any atom is -0.360 e. The highest BCUT2D eigenvalue weighted by atomic mass is 19.4. The minimum atomic E-state index is -4.52. The van der Waals surface area contributed by atoms with E-state index in [2.05, 4.69) is 10.3 Å². The predicted molar refractivity (Wildman–Crippen MR) is 104 cm³/mol. The number of halogens is 3. The van der Waals surface area contributed by atoms with Gasteiger partial charge in [0.1, 0.15) is 5.60 Å². The number of fused-ring (bicyclic) bond motifs is 1. The number of hydrogen-bond acceptors (Lipinski definition) is 4. The van der Waals surface area contributed by atoms with Crippen molar-refractivity contribution in [1.29, 1.82) is 0 Å². The van der Waals surface area contributed by atoms with Gasteiger partial charge in [0.05, 0.1) is 42.3 Å². The van der Waals surface area contributed by atoms with Gasteiger partial charge in [-0.1, -0.05) is 24.3 Å². The zero-order chi connectivity index (χ0) is 21.8. The molecule has 0 unspecified atom stereocenters. The van der Waals surface area contributed by atoms with Gasteiger partial charge in [-0.15, -0.1) is 0 Å². The van der Waals surface area contributed by atoms with Crippen molar-refractivity contribution in [2.24, 2.45) is 11.8 Å². The Balaban J connectivity index is 1.39. The zero-order valence-electron chi connectivity index (χ0n) is 16.2. The summed E-state index contributed by atoms with van der Waals surface area (Å²) in [4.78, 5) is 31.7. The summed E-state index contributed by atoms with van der Waals surface area (Å²) in [5, 5.41) is 2.80. The minimum absolute atomic E-state index is 0.0643. The number of amides is 2. The van der Waals surface area contributed by atoms with Gasteiger partial charge in [0, 0.05) is 11.9 Å². The van der Waals surface area contributed by atoms with Crippen molar-refractivity contribution in [1.82, 2.24) is 10.3 Å². The summed E-state index contributed by atoms with van der Waals surface area (Å²) in [5.74, 6) is -2.30. The first-order valence-electron chi connectivity index (χ1n) is 9.82. The van der Waals surface area contributed by atoms with Gasteiger partial charge in [0.15, 0.2) is 0 Å². The molecule has 6 nitrogen and oxygen atoms in total. The fourth-order valence-corrected chi connectivity index (χ4v) is 4.66. The van der Waals surface area contributed by atoms with Crippen LogP contribution in [0.5, 0.6) is 0 Å². The van der Waals surface area contributed by atoms with Crippen LogP contribution in [0.25, 0.3) is 0 Å². The summed E-state index contributed by atoms with van der Waals surface area (Å²) in [5.41, 5.74) is -1.04. The molecule has 2 fully saturated rings. The van der Waals surface area contributed by atoms with E-state index in [9.17, 15) is 22.8 Å². The molecule has 0 aliphatic carbocycles. The molecule has 3 aliphatic heterocycles. The Morgan fingerprint density at radius 3 is 2.84 bits per heavy atom. The quantitative estimate of drug-likeness (QED) is 0.759. The average Bonchev–Trinajstić information content (AvgIpc) is 3.40. The number of anilines is 1. The first-order valence-corrected chi connectivity index (χ1v) is 9.82. The van der Waals surface area contributed by atoms with Gasteiger partial charge >= 0.3 is 6.18 Å². The Hall–Kier alpha value is -3.20. The van der Waals surface area contributed by atoms with Crippen molar-refractivity contribution in [2.45, 2.75) is 24.4 Å². The Bertz CT molecular complexity index is 1070. The molecule has 9 heteroatoms. The SMILES string of the molecule is O=C(NCc1ccccn1)[C@@H]1[C@H]2C=C[C@]3(CN(c4cccc(C(F)(F)F)c4)C(=O)[C@@H]13)O2. The van der Waals surface area contributed by atoms with Crippen LogP contribution in [-0.2, 0) is 27.0 Å². The molecule has 3 aliphatic rings. The lowest BCUT2D eigenvalue weighted by Crippen LogP contribution is -2.44. The monoisotopic (exact) mass is 429 g/mol. The number of carbonyl (C=O) groups excluding carboxylic acids is 2. The molecule has 4 atom stereocenters. The van der Waals surface area contributed by atoms with Crippen molar-refractivity contribution < 1.29 is 27.5 Å². The Kier molecular flexibility index (Phi) is 4.40. The van der Waals surface area contributed by atoms with Crippen LogP contribution < -0.4 is 10.2 Å². The highest BCUT2D eigenvalue weighted by Gasteiger charge is 2.67. The topological polar surface area (TPSA) is 71.5 Å². The summed E-state index contributed by atoms with van der Waals surface area (Å²) < 4.78 is 45.4. The van der Waals surface area contributed by atoms with Crippen LogP contribution in [0.1, 0.15) is 11.3 Å². The van der Waals surface area contributed by atoms with Crippen molar-refractivity contribution in [3.05, 3.63) is 72.1 Å². The summed E-state index contributed by atoms with van der Waals surface area (Å²) in [7, 11) is 0. The number of benzene rings is 1. The molecule has 2 bridgehead atoms. The Morgan fingerprint density at radius 2 is 2.10 bits per heavy atom. The summed E-state index contributed by atoms with van der Waals surface area (Å²) >= 11 is 0. The number of carbonyl (C=O) groups is 2. The lowest BCUT2D eigenvalue weighted by molar-refractivity contribution is -0.137. The number of nitrogens with one attached hydrogen (secondary N) is 1. The van der Waals surface area contributed by atoms with E-state index >= 15 is 0 Å². The second-order valence-corrected chi connectivity index (χ2v) is 7.91. The molecule has 1 aromatic heterocycles. The van der Waals surface area contributed by atoms with Gasteiger partial charge in [-0.25, -0.2) is 0 Å². The zero-order valence-corrected chi connectivity index (χ0v) is 16.2. The van der Waals surface area contributed by atoms with Gasteiger partial charge in [-0.2, -0.15) is 13.2 Å². The van der Waals surface area contributed by atoms with Gasteiger partial charge in [-0.05, 0) is 30.3 Å². The highest BCUT2D eigenvalue weighted by Crippen LogP contribution is 2.52. The van der Waals surface area contributed by atoms with E-state index < -0.39 is 41.2 Å². The van der Waals surface area contributed by atoms with Gasteiger partial charge in [-0.3, -0.25) is 14.6 Å². The van der Waals surface area contributed by atoms with Crippen LogP contribution in [0.2, 0.25) is 0 Å². The van der Waals surface area contributed by atoms with Crippen LogP contribution >= 0.6 is 0 Å².